The molecule has 2 aromatic rings. The molecule has 0 radical (unpaired) electrons. The molecule has 0 saturated carbocycles. The minimum absolute atomic E-state index is 0.339. The molecule has 146 valence electrons. The third-order valence-corrected chi connectivity index (χ3v) is 4.64. The van der Waals surface area contributed by atoms with Gasteiger partial charge in [0, 0.05) is 44.3 Å². The highest BCUT2D eigenvalue weighted by Crippen LogP contribution is 2.24. The standard InChI is InChI=1S/C21H30N4O2/c1-21(2,3)27-20(26)23-10-6-12-24-13-15-25(16-14-24)19-18-8-5-4-7-17(18)9-11-22-19/h4-5,7-9,11H,6,10,12-16H2,1-3H3,(H,23,26). The lowest BCUT2D eigenvalue weighted by Gasteiger charge is -2.35. The van der Waals surface area contributed by atoms with E-state index in [-0.39, 0.29) is 6.09 Å². The van der Waals surface area contributed by atoms with Gasteiger partial charge in [0.2, 0.25) is 0 Å². The number of hydrogen-bond acceptors (Lipinski definition) is 5. The summed E-state index contributed by atoms with van der Waals surface area (Å²) in [7, 11) is 0. The molecular weight excluding hydrogens is 340 g/mol. The number of alkyl carbamates (subject to hydrolysis) is 1. The fraction of sp³-hybridized carbons (Fsp3) is 0.524. The predicted molar refractivity (Wildman–Crippen MR) is 109 cm³/mol. The van der Waals surface area contributed by atoms with Crippen molar-refractivity contribution in [1.29, 1.82) is 0 Å². The van der Waals surface area contributed by atoms with Crippen molar-refractivity contribution in [2.24, 2.45) is 0 Å². The van der Waals surface area contributed by atoms with Crippen LogP contribution >= 0.6 is 0 Å². The van der Waals surface area contributed by atoms with Crippen molar-refractivity contribution in [3.63, 3.8) is 0 Å². The van der Waals surface area contributed by atoms with Gasteiger partial charge in [0.25, 0.3) is 0 Å². The second-order valence-corrected chi connectivity index (χ2v) is 7.97. The number of nitrogens with one attached hydrogen (secondary N) is 1. The summed E-state index contributed by atoms with van der Waals surface area (Å²) in [6.45, 7) is 11.2. The first-order chi connectivity index (χ1) is 12.9. The molecule has 1 aromatic heterocycles. The second kappa shape index (κ2) is 8.57. The Morgan fingerprint density at radius 1 is 1.15 bits per heavy atom. The van der Waals surface area contributed by atoms with Gasteiger partial charge in [-0.25, -0.2) is 9.78 Å². The summed E-state index contributed by atoms with van der Waals surface area (Å²) in [5, 5.41) is 5.28. The van der Waals surface area contributed by atoms with Gasteiger partial charge in [0.1, 0.15) is 11.4 Å². The molecule has 2 heterocycles. The molecule has 0 unspecified atom stereocenters. The average Bonchev–Trinajstić information content (AvgIpc) is 2.64. The van der Waals surface area contributed by atoms with Gasteiger partial charge < -0.3 is 15.0 Å². The van der Waals surface area contributed by atoms with Gasteiger partial charge in [0.05, 0.1) is 0 Å². The largest absolute Gasteiger partial charge is 0.444 e. The van der Waals surface area contributed by atoms with Crippen LogP contribution in [0.2, 0.25) is 0 Å². The monoisotopic (exact) mass is 370 g/mol. The first-order valence-electron chi connectivity index (χ1n) is 9.70. The summed E-state index contributed by atoms with van der Waals surface area (Å²) in [5.41, 5.74) is -0.448. The van der Waals surface area contributed by atoms with E-state index in [1.165, 1.54) is 10.8 Å². The number of ether oxygens (including phenoxy) is 1. The normalized spacial score (nSPS) is 15.7. The molecule has 1 aromatic carbocycles. The molecule has 0 spiro atoms. The Labute approximate surface area is 161 Å². The summed E-state index contributed by atoms with van der Waals surface area (Å²) in [6, 6.07) is 10.5. The average molecular weight is 370 g/mol. The van der Waals surface area contributed by atoms with Crippen LogP contribution in [-0.4, -0.2) is 60.8 Å². The quantitative estimate of drug-likeness (QED) is 0.819. The molecule has 6 heteroatoms. The minimum Gasteiger partial charge on any atom is -0.444 e. The van der Waals surface area contributed by atoms with Crippen LogP contribution < -0.4 is 10.2 Å². The predicted octanol–water partition coefficient (Wildman–Crippen LogP) is 3.27. The number of carbonyl (C=O) groups is 1. The van der Waals surface area contributed by atoms with E-state index in [1.54, 1.807) is 0 Å². The highest BCUT2D eigenvalue weighted by atomic mass is 16.6. The second-order valence-electron chi connectivity index (χ2n) is 7.97. The van der Waals surface area contributed by atoms with Gasteiger partial charge in [0.15, 0.2) is 0 Å². The zero-order chi connectivity index (χ0) is 19.3. The molecule has 1 fully saturated rings. The smallest absolute Gasteiger partial charge is 0.407 e. The number of pyridine rings is 1. The minimum atomic E-state index is -0.448. The third-order valence-electron chi connectivity index (χ3n) is 4.64. The van der Waals surface area contributed by atoms with Gasteiger partial charge in [-0.15, -0.1) is 0 Å². The van der Waals surface area contributed by atoms with Crippen LogP contribution in [0.25, 0.3) is 10.8 Å². The number of carbonyl (C=O) groups excluding carboxylic acids is 1. The Hall–Kier alpha value is -2.34. The molecule has 0 atom stereocenters. The van der Waals surface area contributed by atoms with Crippen LogP contribution in [0.5, 0.6) is 0 Å². The third kappa shape index (κ3) is 5.57. The van der Waals surface area contributed by atoms with Crippen molar-refractivity contribution >= 4 is 22.7 Å². The van der Waals surface area contributed by atoms with E-state index in [2.05, 4.69) is 50.4 Å². The maximum absolute atomic E-state index is 11.7. The lowest BCUT2D eigenvalue weighted by atomic mass is 10.1. The lowest BCUT2D eigenvalue weighted by Crippen LogP contribution is -2.47. The number of benzene rings is 1. The van der Waals surface area contributed by atoms with Crippen LogP contribution in [0.15, 0.2) is 36.5 Å². The maximum Gasteiger partial charge on any atom is 0.407 e. The molecule has 1 amide bonds. The lowest BCUT2D eigenvalue weighted by molar-refractivity contribution is 0.0525. The van der Waals surface area contributed by atoms with Gasteiger partial charge in [-0.1, -0.05) is 24.3 Å². The number of nitrogens with zero attached hydrogens (tertiary/aromatic N) is 3. The van der Waals surface area contributed by atoms with Crippen molar-refractivity contribution < 1.29 is 9.53 Å². The van der Waals surface area contributed by atoms with Crippen molar-refractivity contribution in [2.45, 2.75) is 32.8 Å². The summed E-state index contributed by atoms with van der Waals surface area (Å²) >= 11 is 0. The van der Waals surface area contributed by atoms with Crippen LogP contribution in [0.3, 0.4) is 0 Å². The van der Waals surface area contributed by atoms with Gasteiger partial charge in [-0.05, 0) is 45.2 Å². The van der Waals surface area contributed by atoms with Gasteiger partial charge in [-0.2, -0.15) is 0 Å². The SMILES string of the molecule is CC(C)(C)OC(=O)NCCCN1CCN(c2nccc3ccccc23)CC1. The summed E-state index contributed by atoms with van der Waals surface area (Å²) in [4.78, 5) is 21.1. The molecule has 1 saturated heterocycles. The zero-order valence-corrected chi connectivity index (χ0v) is 16.6. The molecule has 1 aliphatic heterocycles. The summed E-state index contributed by atoms with van der Waals surface area (Å²) in [6.07, 6.45) is 2.48. The van der Waals surface area contributed by atoms with E-state index >= 15 is 0 Å². The number of fused-ring (bicyclic) bond motifs is 1. The van der Waals surface area contributed by atoms with Crippen molar-refractivity contribution in [3.8, 4) is 0 Å². The Balaban J connectivity index is 1.42. The number of amides is 1. The van der Waals surface area contributed by atoms with Crippen LogP contribution in [0.1, 0.15) is 27.2 Å². The Kier molecular flexibility index (Phi) is 6.16. The molecule has 6 nitrogen and oxygen atoms in total. The number of aromatic nitrogens is 1. The first-order valence-corrected chi connectivity index (χ1v) is 9.70. The van der Waals surface area contributed by atoms with Crippen LogP contribution in [0.4, 0.5) is 10.6 Å². The Bertz CT molecular complexity index is 759. The van der Waals surface area contributed by atoms with E-state index in [1.807, 2.05) is 27.0 Å². The van der Waals surface area contributed by atoms with E-state index in [4.69, 9.17) is 4.74 Å². The molecule has 0 aliphatic carbocycles. The maximum atomic E-state index is 11.7. The van der Waals surface area contributed by atoms with E-state index in [9.17, 15) is 4.79 Å². The van der Waals surface area contributed by atoms with Gasteiger partial charge >= 0.3 is 6.09 Å². The summed E-state index contributed by atoms with van der Waals surface area (Å²) < 4.78 is 5.25. The summed E-state index contributed by atoms with van der Waals surface area (Å²) in [5.74, 6) is 1.08. The van der Waals surface area contributed by atoms with E-state index in [0.29, 0.717) is 6.54 Å². The van der Waals surface area contributed by atoms with Crippen molar-refractivity contribution in [3.05, 3.63) is 36.5 Å². The fourth-order valence-corrected chi connectivity index (χ4v) is 3.35. The molecule has 27 heavy (non-hydrogen) atoms. The highest BCUT2D eigenvalue weighted by molar-refractivity contribution is 5.92. The number of piperazine rings is 1. The fourth-order valence-electron chi connectivity index (χ4n) is 3.35. The van der Waals surface area contributed by atoms with Gasteiger partial charge in [-0.3, -0.25) is 4.90 Å². The molecule has 1 aliphatic rings. The topological polar surface area (TPSA) is 57.7 Å². The number of anilines is 1. The van der Waals surface area contributed by atoms with E-state index < -0.39 is 5.60 Å². The van der Waals surface area contributed by atoms with Crippen LogP contribution in [-0.2, 0) is 4.74 Å². The zero-order valence-electron chi connectivity index (χ0n) is 16.6. The van der Waals surface area contributed by atoms with Crippen LogP contribution in [0, 0.1) is 0 Å². The Morgan fingerprint density at radius 3 is 2.63 bits per heavy atom. The van der Waals surface area contributed by atoms with Crippen molar-refractivity contribution in [2.75, 3.05) is 44.2 Å². The molecule has 3 rings (SSSR count). The van der Waals surface area contributed by atoms with E-state index in [0.717, 1.165) is 45.0 Å². The molecular formula is C21H30N4O2. The van der Waals surface area contributed by atoms with Crippen molar-refractivity contribution in [1.82, 2.24) is 15.2 Å². The highest BCUT2D eigenvalue weighted by Gasteiger charge is 2.19. The molecule has 1 N–H and O–H groups in total. The number of hydrogen-bond donors (Lipinski definition) is 1. The Morgan fingerprint density at radius 2 is 1.89 bits per heavy atom. The number of rotatable bonds is 5. The first kappa shape index (κ1) is 19.4. The molecule has 0 bridgehead atoms.